The first-order chi connectivity index (χ1) is 8.40. The van der Waals surface area contributed by atoms with Crippen LogP contribution in [0.4, 0.5) is 0 Å². The molecule has 1 N–H and O–H groups in total. The lowest BCUT2D eigenvalue weighted by Crippen LogP contribution is -2.33. The lowest BCUT2D eigenvalue weighted by Gasteiger charge is -2.23. The van der Waals surface area contributed by atoms with Crippen molar-refractivity contribution in [2.24, 2.45) is 5.92 Å². The third kappa shape index (κ3) is 3.47. The number of para-hydroxylation sites is 1. The summed E-state index contributed by atoms with van der Waals surface area (Å²) in [4.78, 5) is 0. The number of rotatable bonds is 4. The molecule has 0 radical (unpaired) electrons. The van der Waals surface area contributed by atoms with Crippen molar-refractivity contribution in [2.75, 3.05) is 19.7 Å². The summed E-state index contributed by atoms with van der Waals surface area (Å²) in [5.74, 6) is 1.46. The fraction of sp³-hybridized carbons (Fsp3) is 0.500. The van der Waals surface area contributed by atoms with E-state index >= 15 is 0 Å². The first-order valence-corrected chi connectivity index (χ1v) is 6.18. The van der Waals surface area contributed by atoms with Crippen molar-refractivity contribution >= 4 is 0 Å². The SMILES string of the molecule is N#CCc1ccccc1OCC1CCCNC1. The molecule has 0 bridgehead atoms. The van der Waals surface area contributed by atoms with E-state index in [4.69, 9.17) is 10.00 Å². The van der Waals surface area contributed by atoms with Gasteiger partial charge in [0.05, 0.1) is 19.1 Å². The molecule has 1 fully saturated rings. The second-order valence-electron chi connectivity index (χ2n) is 4.47. The lowest BCUT2D eigenvalue weighted by atomic mass is 10.0. The molecule has 1 saturated heterocycles. The van der Waals surface area contributed by atoms with Crippen LogP contribution in [-0.4, -0.2) is 19.7 Å². The van der Waals surface area contributed by atoms with Crippen molar-refractivity contribution < 1.29 is 4.74 Å². The van der Waals surface area contributed by atoms with Crippen LogP contribution in [0.2, 0.25) is 0 Å². The summed E-state index contributed by atoms with van der Waals surface area (Å²) in [5.41, 5.74) is 0.985. The molecule has 1 aromatic carbocycles. The molecule has 1 aliphatic rings. The fourth-order valence-electron chi connectivity index (χ4n) is 2.15. The van der Waals surface area contributed by atoms with Crippen molar-refractivity contribution in [1.82, 2.24) is 5.32 Å². The van der Waals surface area contributed by atoms with E-state index in [1.807, 2.05) is 24.3 Å². The Bertz CT molecular complexity index is 391. The summed E-state index contributed by atoms with van der Waals surface area (Å²) in [6.07, 6.45) is 2.88. The van der Waals surface area contributed by atoms with Crippen LogP contribution in [0.25, 0.3) is 0 Å². The number of piperidine rings is 1. The molecule has 0 aliphatic carbocycles. The van der Waals surface area contributed by atoms with E-state index in [1.165, 1.54) is 12.8 Å². The molecular weight excluding hydrogens is 212 g/mol. The minimum Gasteiger partial charge on any atom is -0.493 e. The highest BCUT2D eigenvalue weighted by Gasteiger charge is 2.14. The van der Waals surface area contributed by atoms with Crippen molar-refractivity contribution in [1.29, 1.82) is 5.26 Å². The van der Waals surface area contributed by atoms with Gasteiger partial charge in [-0.05, 0) is 25.5 Å². The Morgan fingerprint density at radius 2 is 2.29 bits per heavy atom. The van der Waals surface area contributed by atoms with Gasteiger partial charge in [-0.3, -0.25) is 0 Å². The van der Waals surface area contributed by atoms with Gasteiger partial charge in [-0.2, -0.15) is 5.26 Å². The van der Waals surface area contributed by atoms with E-state index in [1.54, 1.807) is 0 Å². The quantitative estimate of drug-likeness (QED) is 0.861. The van der Waals surface area contributed by atoms with E-state index in [2.05, 4.69) is 11.4 Å². The molecule has 0 saturated carbocycles. The number of benzene rings is 1. The molecule has 90 valence electrons. The average Bonchev–Trinajstić information content (AvgIpc) is 2.39. The van der Waals surface area contributed by atoms with Gasteiger partial charge in [-0.1, -0.05) is 18.2 Å². The van der Waals surface area contributed by atoms with Gasteiger partial charge in [0.1, 0.15) is 5.75 Å². The Morgan fingerprint density at radius 3 is 3.06 bits per heavy atom. The summed E-state index contributed by atoms with van der Waals surface area (Å²) >= 11 is 0. The number of nitrogens with one attached hydrogen (secondary N) is 1. The van der Waals surface area contributed by atoms with Crippen molar-refractivity contribution in [2.45, 2.75) is 19.3 Å². The van der Waals surface area contributed by atoms with Crippen molar-refractivity contribution in [3.63, 3.8) is 0 Å². The van der Waals surface area contributed by atoms with Crippen LogP contribution in [0.15, 0.2) is 24.3 Å². The van der Waals surface area contributed by atoms with Crippen LogP contribution in [0.3, 0.4) is 0 Å². The van der Waals surface area contributed by atoms with E-state index in [0.717, 1.165) is 31.0 Å². The largest absolute Gasteiger partial charge is 0.493 e. The monoisotopic (exact) mass is 230 g/mol. The maximum Gasteiger partial charge on any atom is 0.123 e. The Hall–Kier alpha value is -1.53. The standard InChI is InChI=1S/C14H18N2O/c15-8-7-13-5-1-2-6-14(13)17-11-12-4-3-9-16-10-12/h1-2,5-6,12,16H,3-4,7,9-11H2. The Morgan fingerprint density at radius 1 is 1.41 bits per heavy atom. The van der Waals surface area contributed by atoms with Crippen LogP contribution in [0, 0.1) is 17.2 Å². The molecule has 1 aromatic rings. The van der Waals surface area contributed by atoms with Crippen LogP contribution < -0.4 is 10.1 Å². The van der Waals surface area contributed by atoms with Crippen LogP contribution in [-0.2, 0) is 6.42 Å². The van der Waals surface area contributed by atoms with E-state index < -0.39 is 0 Å². The number of nitriles is 1. The topological polar surface area (TPSA) is 45.0 Å². The fourth-order valence-corrected chi connectivity index (χ4v) is 2.15. The second kappa shape index (κ2) is 6.27. The van der Waals surface area contributed by atoms with Gasteiger partial charge in [-0.25, -0.2) is 0 Å². The van der Waals surface area contributed by atoms with Crippen molar-refractivity contribution in [3.05, 3.63) is 29.8 Å². The molecule has 3 nitrogen and oxygen atoms in total. The minimum absolute atomic E-state index is 0.416. The molecule has 3 heteroatoms. The van der Waals surface area contributed by atoms with Crippen molar-refractivity contribution in [3.8, 4) is 11.8 Å². The summed E-state index contributed by atoms with van der Waals surface area (Å²) in [6, 6.07) is 9.97. The van der Waals surface area contributed by atoms with E-state index in [0.29, 0.717) is 12.3 Å². The molecule has 17 heavy (non-hydrogen) atoms. The maximum atomic E-state index is 8.75. The molecule has 1 aliphatic heterocycles. The van der Waals surface area contributed by atoms with Gasteiger partial charge in [0.15, 0.2) is 0 Å². The summed E-state index contributed by atoms with van der Waals surface area (Å²) in [7, 11) is 0. The minimum atomic E-state index is 0.416. The zero-order valence-electron chi connectivity index (χ0n) is 9.98. The highest BCUT2D eigenvalue weighted by atomic mass is 16.5. The zero-order valence-corrected chi connectivity index (χ0v) is 9.98. The Labute approximate surface area is 102 Å². The summed E-state index contributed by atoms with van der Waals surface area (Å²) < 4.78 is 5.84. The second-order valence-corrected chi connectivity index (χ2v) is 4.47. The van der Waals surface area contributed by atoms with Gasteiger partial charge in [0.2, 0.25) is 0 Å². The van der Waals surface area contributed by atoms with Gasteiger partial charge in [0, 0.05) is 18.0 Å². The number of nitrogens with zero attached hydrogens (tertiary/aromatic N) is 1. The molecule has 2 rings (SSSR count). The number of hydrogen-bond donors (Lipinski definition) is 1. The third-order valence-corrected chi connectivity index (χ3v) is 3.12. The first-order valence-electron chi connectivity index (χ1n) is 6.18. The number of ether oxygens (including phenoxy) is 1. The van der Waals surface area contributed by atoms with Gasteiger partial charge in [0.25, 0.3) is 0 Å². The number of hydrogen-bond acceptors (Lipinski definition) is 3. The Kier molecular flexibility index (Phi) is 4.40. The van der Waals surface area contributed by atoms with Crippen LogP contribution in [0.1, 0.15) is 18.4 Å². The zero-order chi connectivity index (χ0) is 11.9. The Balaban J connectivity index is 1.91. The predicted molar refractivity (Wildman–Crippen MR) is 66.8 cm³/mol. The highest BCUT2D eigenvalue weighted by molar-refractivity contribution is 5.35. The molecule has 0 amide bonds. The first kappa shape index (κ1) is 11.9. The maximum absolute atomic E-state index is 8.75. The van der Waals surface area contributed by atoms with Crippen LogP contribution >= 0.6 is 0 Å². The van der Waals surface area contributed by atoms with Gasteiger partial charge in [-0.15, -0.1) is 0 Å². The molecule has 1 heterocycles. The van der Waals surface area contributed by atoms with E-state index in [9.17, 15) is 0 Å². The predicted octanol–water partition coefficient (Wildman–Crippen LogP) is 2.13. The van der Waals surface area contributed by atoms with Gasteiger partial charge >= 0.3 is 0 Å². The summed E-state index contributed by atoms with van der Waals surface area (Å²) in [6.45, 7) is 2.91. The van der Waals surface area contributed by atoms with Crippen LogP contribution in [0.5, 0.6) is 5.75 Å². The molecule has 0 spiro atoms. The molecule has 0 aromatic heterocycles. The molecular formula is C14H18N2O. The molecule has 1 unspecified atom stereocenters. The van der Waals surface area contributed by atoms with Gasteiger partial charge < -0.3 is 10.1 Å². The smallest absolute Gasteiger partial charge is 0.123 e. The average molecular weight is 230 g/mol. The highest BCUT2D eigenvalue weighted by Crippen LogP contribution is 2.20. The summed E-state index contributed by atoms with van der Waals surface area (Å²) in [5, 5.41) is 12.1. The third-order valence-electron chi connectivity index (χ3n) is 3.12. The molecule has 1 atom stereocenters. The normalized spacial score (nSPS) is 19.6. The lowest BCUT2D eigenvalue weighted by molar-refractivity contribution is 0.217. The van der Waals surface area contributed by atoms with E-state index in [-0.39, 0.29) is 0 Å².